The molecule has 2 saturated carbocycles. The van der Waals surface area contributed by atoms with Crippen LogP contribution in [0.5, 0.6) is 0 Å². The van der Waals surface area contributed by atoms with Crippen molar-refractivity contribution < 1.29 is 4.79 Å². The van der Waals surface area contributed by atoms with Crippen LogP contribution in [0.1, 0.15) is 43.2 Å². The Hall–Kier alpha value is -1.35. The van der Waals surface area contributed by atoms with Gasteiger partial charge in [-0.3, -0.25) is 4.79 Å². The Bertz CT molecular complexity index is 607. The lowest BCUT2D eigenvalue weighted by atomic mass is 9.81. The van der Waals surface area contributed by atoms with Crippen LogP contribution in [0.3, 0.4) is 0 Å². The van der Waals surface area contributed by atoms with E-state index in [9.17, 15) is 4.79 Å². The number of carbonyl (C=O) groups is 1. The molecule has 3 fully saturated rings. The summed E-state index contributed by atoms with van der Waals surface area (Å²) in [5.74, 6) is 0.995. The number of nitrogens with zero attached hydrogens (tertiary/aromatic N) is 1. The zero-order valence-corrected chi connectivity index (χ0v) is 13.5. The summed E-state index contributed by atoms with van der Waals surface area (Å²) in [6.07, 6.45) is 5.75. The predicted octanol–water partition coefficient (Wildman–Crippen LogP) is 2.61. The fourth-order valence-electron chi connectivity index (χ4n) is 4.90. The number of rotatable bonds is 3. The fourth-order valence-corrected chi connectivity index (χ4v) is 4.90. The van der Waals surface area contributed by atoms with Gasteiger partial charge in [-0.15, -0.1) is 0 Å². The molecule has 22 heavy (non-hydrogen) atoms. The molecule has 1 saturated heterocycles. The molecule has 0 spiro atoms. The van der Waals surface area contributed by atoms with Crippen molar-refractivity contribution in [2.45, 2.75) is 44.4 Å². The van der Waals surface area contributed by atoms with E-state index in [0.29, 0.717) is 11.8 Å². The number of carbonyl (C=O) groups excluding carboxylic acids is 1. The van der Waals surface area contributed by atoms with Crippen LogP contribution in [0, 0.1) is 18.3 Å². The molecule has 1 amide bonds. The number of hydrogen-bond acceptors (Lipinski definition) is 2. The monoisotopic (exact) mass is 298 g/mol. The van der Waals surface area contributed by atoms with E-state index in [1.54, 1.807) is 0 Å². The van der Waals surface area contributed by atoms with Crippen LogP contribution >= 0.6 is 0 Å². The molecule has 3 heteroatoms. The minimum absolute atomic E-state index is 0.221. The average molecular weight is 298 g/mol. The van der Waals surface area contributed by atoms with Crippen molar-refractivity contribution in [3.05, 3.63) is 35.4 Å². The second kappa shape index (κ2) is 4.82. The van der Waals surface area contributed by atoms with Crippen LogP contribution in [0.25, 0.3) is 0 Å². The highest BCUT2D eigenvalue weighted by molar-refractivity contribution is 5.91. The van der Waals surface area contributed by atoms with Crippen molar-refractivity contribution in [1.29, 1.82) is 0 Å². The Labute approximate surface area is 132 Å². The van der Waals surface area contributed by atoms with Crippen LogP contribution < -0.4 is 5.73 Å². The van der Waals surface area contributed by atoms with Crippen molar-refractivity contribution in [2.75, 3.05) is 19.6 Å². The highest BCUT2D eigenvalue weighted by Crippen LogP contribution is 2.53. The number of fused-ring (bicyclic) bond motifs is 1. The van der Waals surface area contributed by atoms with Gasteiger partial charge in [0.25, 0.3) is 0 Å². The molecule has 2 N–H and O–H groups in total. The molecule has 2 aliphatic carbocycles. The van der Waals surface area contributed by atoms with Crippen molar-refractivity contribution in [2.24, 2.45) is 17.1 Å². The van der Waals surface area contributed by atoms with E-state index in [2.05, 4.69) is 36.1 Å². The van der Waals surface area contributed by atoms with Crippen molar-refractivity contribution in [3.63, 3.8) is 0 Å². The van der Waals surface area contributed by atoms with Gasteiger partial charge in [-0.2, -0.15) is 0 Å². The third-order valence-electron chi connectivity index (χ3n) is 6.46. The summed E-state index contributed by atoms with van der Waals surface area (Å²) in [5, 5.41) is 0. The molecule has 3 aliphatic rings. The van der Waals surface area contributed by atoms with E-state index in [1.807, 2.05) is 0 Å². The van der Waals surface area contributed by atoms with Gasteiger partial charge < -0.3 is 10.6 Å². The zero-order valence-electron chi connectivity index (χ0n) is 13.5. The van der Waals surface area contributed by atoms with E-state index in [1.165, 1.54) is 30.4 Å². The lowest BCUT2D eigenvalue weighted by Crippen LogP contribution is -2.41. The van der Waals surface area contributed by atoms with E-state index >= 15 is 0 Å². The molecule has 2 atom stereocenters. The Kier molecular flexibility index (Phi) is 3.12. The van der Waals surface area contributed by atoms with Gasteiger partial charge in [-0.05, 0) is 50.6 Å². The summed E-state index contributed by atoms with van der Waals surface area (Å²) >= 11 is 0. The maximum absolute atomic E-state index is 13.2. The summed E-state index contributed by atoms with van der Waals surface area (Å²) in [6, 6.07) is 8.51. The number of hydrogen-bond donors (Lipinski definition) is 1. The minimum atomic E-state index is -0.222. The van der Waals surface area contributed by atoms with Gasteiger partial charge >= 0.3 is 0 Å². The molecule has 0 aromatic heterocycles. The Morgan fingerprint density at radius 2 is 2.18 bits per heavy atom. The van der Waals surface area contributed by atoms with E-state index in [0.717, 1.165) is 32.5 Å². The van der Waals surface area contributed by atoms with Gasteiger partial charge in [0.05, 0.1) is 5.41 Å². The summed E-state index contributed by atoms with van der Waals surface area (Å²) < 4.78 is 0. The van der Waals surface area contributed by atoms with Crippen LogP contribution in [0.15, 0.2) is 24.3 Å². The predicted molar refractivity (Wildman–Crippen MR) is 87.5 cm³/mol. The third kappa shape index (κ3) is 1.95. The van der Waals surface area contributed by atoms with Gasteiger partial charge in [-0.1, -0.05) is 36.2 Å². The molecule has 4 rings (SSSR count). The Morgan fingerprint density at radius 1 is 1.36 bits per heavy atom. The molecule has 1 aromatic carbocycles. The van der Waals surface area contributed by atoms with E-state index < -0.39 is 0 Å². The lowest BCUT2D eigenvalue weighted by molar-refractivity contribution is -0.133. The largest absolute Gasteiger partial charge is 0.341 e. The maximum atomic E-state index is 13.2. The van der Waals surface area contributed by atoms with Crippen LogP contribution in [-0.4, -0.2) is 30.4 Å². The second-order valence-corrected chi connectivity index (χ2v) is 7.79. The molecule has 0 bridgehead atoms. The van der Waals surface area contributed by atoms with Crippen LogP contribution in [-0.2, 0) is 10.2 Å². The molecule has 0 unspecified atom stereocenters. The second-order valence-electron chi connectivity index (χ2n) is 7.79. The number of nitrogens with two attached hydrogens (primary N) is 1. The molecule has 1 aliphatic heterocycles. The summed E-state index contributed by atoms with van der Waals surface area (Å²) in [7, 11) is 0. The first-order valence-electron chi connectivity index (χ1n) is 8.66. The van der Waals surface area contributed by atoms with Gasteiger partial charge in [0.15, 0.2) is 0 Å². The molecule has 3 nitrogen and oxygen atoms in total. The minimum Gasteiger partial charge on any atom is -0.341 e. The highest BCUT2D eigenvalue weighted by atomic mass is 16.2. The van der Waals surface area contributed by atoms with Crippen molar-refractivity contribution in [3.8, 4) is 0 Å². The van der Waals surface area contributed by atoms with Crippen LogP contribution in [0.2, 0.25) is 0 Å². The zero-order chi connectivity index (χ0) is 15.4. The average Bonchev–Trinajstić information content (AvgIpc) is 3.11. The summed E-state index contributed by atoms with van der Waals surface area (Å²) in [5.41, 5.74) is 8.55. The fraction of sp³-hybridized carbons (Fsp3) is 0.632. The SMILES string of the molecule is Cc1cccc(C2(C(=O)N3C[C@@H]4CCC[C@]4(CN)C3)CC2)c1. The van der Waals surface area contributed by atoms with Gasteiger partial charge in [-0.25, -0.2) is 0 Å². The first-order valence-corrected chi connectivity index (χ1v) is 8.66. The van der Waals surface area contributed by atoms with Gasteiger partial charge in [0.1, 0.15) is 0 Å². The molecule has 1 aromatic rings. The molecule has 118 valence electrons. The topological polar surface area (TPSA) is 46.3 Å². The van der Waals surface area contributed by atoms with Gasteiger partial charge in [0, 0.05) is 18.5 Å². The number of likely N-dealkylation sites (tertiary alicyclic amines) is 1. The molecule has 0 radical (unpaired) electrons. The molecule has 1 heterocycles. The lowest BCUT2D eigenvalue weighted by Gasteiger charge is -2.28. The number of aryl methyl sites for hydroxylation is 1. The number of benzene rings is 1. The normalized spacial score (nSPS) is 32.1. The Balaban J connectivity index is 1.58. The summed E-state index contributed by atoms with van der Waals surface area (Å²) in [6.45, 7) is 4.66. The Morgan fingerprint density at radius 3 is 2.82 bits per heavy atom. The smallest absolute Gasteiger partial charge is 0.233 e. The molecular weight excluding hydrogens is 272 g/mol. The first kappa shape index (κ1) is 14.3. The molecular formula is C19H26N2O. The van der Waals surface area contributed by atoms with E-state index in [-0.39, 0.29) is 10.8 Å². The van der Waals surface area contributed by atoms with Crippen molar-refractivity contribution in [1.82, 2.24) is 4.90 Å². The third-order valence-corrected chi connectivity index (χ3v) is 6.46. The maximum Gasteiger partial charge on any atom is 0.233 e. The quantitative estimate of drug-likeness (QED) is 0.932. The first-order chi connectivity index (χ1) is 10.6. The van der Waals surface area contributed by atoms with Crippen molar-refractivity contribution >= 4 is 5.91 Å². The standard InChI is InChI=1S/C19H26N2O/c1-14-4-2-5-15(10-14)19(8-9-19)17(22)21-11-16-6-3-7-18(16,12-20)13-21/h2,4-5,10,16H,3,6-9,11-13,20H2,1H3/t16-,18-/m0/s1. The van der Waals surface area contributed by atoms with Crippen LogP contribution in [0.4, 0.5) is 0 Å². The highest BCUT2D eigenvalue weighted by Gasteiger charge is 2.57. The van der Waals surface area contributed by atoms with Gasteiger partial charge in [0.2, 0.25) is 5.91 Å². The van der Waals surface area contributed by atoms with E-state index in [4.69, 9.17) is 5.73 Å². The summed E-state index contributed by atoms with van der Waals surface area (Å²) in [4.78, 5) is 15.4. The number of amides is 1.